The molecular weight excluding hydrogens is 684 g/mol. The number of carbonyl (C=O) groups excluding carboxylic acids is 4. The van der Waals surface area contributed by atoms with Crippen LogP contribution >= 0.6 is 46.5 Å². The number of thiazole rings is 1. The molecule has 1 saturated heterocycles. The molecule has 47 heavy (non-hydrogen) atoms. The fourth-order valence-electron chi connectivity index (χ4n) is 4.98. The molecule has 2 aromatic carbocycles. The molecule has 17 heteroatoms. The van der Waals surface area contributed by atoms with E-state index < -0.39 is 35.3 Å². The third kappa shape index (κ3) is 6.81. The van der Waals surface area contributed by atoms with Crippen LogP contribution in [0.3, 0.4) is 0 Å². The SMILES string of the molecule is Cn1nnnc1SCC1=C(C(=O)OC(c2ccccc2)c2ccccc2)N2C(=O)C(NC(=O)C(=CCl)c3csc(NC=O)n3)[C@@H]2SC1. The molecule has 4 aromatic rings. The van der Waals surface area contributed by atoms with Crippen LogP contribution in [-0.2, 0) is 31.0 Å². The van der Waals surface area contributed by atoms with Gasteiger partial charge in [-0.2, -0.15) is 0 Å². The van der Waals surface area contributed by atoms with Gasteiger partial charge >= 0.3 is 5.97 Å². The highest BCUT2D eigenvalue weighted by atomic mass is 35.5. The molecule has 1 unspecified atom stereocenters. The molecule has 2 N–H and O–H groups in total. The topological polar surface area (TPSA) is 161 Å². The van der Waals surface area contributed by atoms with Gasteiger partial charge in [0.15, 0.2) is 11.2 Å². The summed E-state index contributed by atoms with van der Waals surface area (Å²) in [5.41, 5.74) is 3.65. The van der Waals surface area contributed by atoms with E-state index >= 15 is 0 Å². The third-order valence-corrected chi connectivity index (χ3v) is 10.7. The number of hydrogen-bond donors (Lipinski definition) is 2. The van der Waals surface area contributed by atoms with E-state index in [1.54, 1.807) is 12.4 Å². The van der Waals surface area contributed by atoms with E-state index in [0.717, 1.165) is 28.0 Å². The van der Waals surface area contributed by atoms with Crippen LogP contribution in [-0.4, -0.2) is 77.2 Å². The van der Waals surface area contributed by atoms with Crippen LogP contribution in [0.1, 0.15) is 22.9 Å². The summed E-state index contributed by atoms with van der Waals surface area (Å²) in [6.07, 6.45) is -0.258. The quantitative estimate of drug-likeness (QED) is 0.0728. The summed E-state index contributed by atoms with van der Waals surface area (Å²) in [7, 11) is 1.71. The molecule has 0 radical (unpaired) electrons. The van der Waals surface area contributed by atoms with Gasteiger partial charge in [-0.15, -0.1) is 28.2 Å². The number of rotatable bonds is 12. The largest absolute Gasteiger partial charge is 0.448 e. The third-order valence-electron chi connectivity index (χ3n) is 7.23. The Morgan fingerprint density at radius 1 is 1.15 bits per heavy atom. The molecule has 0 saturated carbocycles. The lowest BCUT2D eigenvalue weighted by atomic mass is 10.0. The molecule has 0 spiro atoms. The summed E-state index contributed by atoms with van der Waals surface area (Å²) in [6, 6.07) is 17.8. The molecular formula is C30H25ClN8O5S3. The van der Waals surface area contributed by atoms with Crippen molar-refractivity contribution in [2.45, 2.75) is 22.7 Å². The molecule has 6 rings (SSSR count). The number of aryl methyl sites for hydroxylation is 1. The van der Waals surface area contributed by atoms with Crippen molar-refractivity contribution in [3.63, 3.8) is 0 Å². The summed E-state index contributed by atoms with van der Waals surface area (Å²) in [5.74, 6) is -1.07. The molecule has 2 aromatic heterocycles. The van der Waals surface area contributed by atoms with Crippen LogP contribution in [0, 0.1) is 0 Å². The van der Waals surface area contributed by atoms with E-state index in [1.165, 1.54) is 33.1 Å². The number of amides is 3. The first-order chi connectivity index (χ1) is 22.9. The van der Waals surface area contributed by atoms with Gasteiger partial charge in [-0.25, -0.2) is 14.5 Å². The van der Waals surface area contributed by atoms with E-state index in [4.69, 9.17) is 16.3 Å². The highest BCUT2D eigenvalue weighted by molar-refractivity contribution is 8.01. The van der Waals surface area contributed by atoms with Gasteiger partial charge in [0.2, 0.25) is 11.6 Å². The first-order valence-corrected chi connectivity index (χ1v) is 17.3. The van der Waals surface area contributed by atoms with Crippen molar-refractivity contribution in [2.75, 3.05) is 16.8 Å². The Labute approximate surface area is 285 Å². The number of esters is 1. The second-order valence-corrected chi connectivity index (χ2v) is 13.2. The molecule has 240 valence electrons. The Bertz CT molecular complexity index is 1830. The first kappa shape index (κ1) is 32.4. The number of tetrazole rings is 1. The number of hydrogen-bond acceptors (Lipinski definition) is 12. The van der Waals surface area contributed by atoms with Crippen LogP contribution in [0.4, 0.5) is 5.13 Å². The second kappa shape index (κ2) is 14.5. The summed E-state index contributed by atoms with van der Waals surface area (Å²) < 4.78 is 7.72. The predicted octanol–water partition coefficient (Wildman–Crippen LogP) is 3.59. The number of carbonyl (C=O) groups is 4. The number of anilines is 1. The van der Waals surface area contributed by atoms with Gasteiger partial charge in [-0.1, -0.05) is 84.0 Å². The van der Waals surface area contributed by atoms with Crippen molar-refractivity contribution in [2.24, 2.45) is 7.05 Å². The van der Waals surface area contributed by atoms with E-state index in [1.807, 2.05) is 60.7 Å². The maximum Gasteiger partial charge on any atom is 0.356 e. The van der Waals surface area contributed by atoms with Crippen molar-refractivity contribution in [3.05, 3.63) is 99.7 Å². The molecule has 4 heterocycles. The Morgan fingerprint density at radius 3 is 2.47 bits per heavy atom. The van der Waals surface area contributed by atoms with E-state index in [0.29, 0.717) is 28.6 Å². The standard InChI is InChI=1S/C30H25ClN8O5S3/c1-38-30(35-36-37-38)47-14-19-13-45-27-22(34-25(41)20(12-31)21-15-46-29(33-21)32-16-40)26(42)39(27)23(19)28(43)44-24(17-8-4-2-5-9-17)18-10-6-3-7-11-18/h2-12,15-16,22,24,27H,13-14H2,1H3,(H,34,41)(H,32,33,40)/t22?,27-/m0/s1. The Balaban J connectivity index is 1.27. The van der Waals surface area contributed by atoms with Crippen molar-refractivity contribution < 1.29 is 23.9 Å². The van der Waals surface area contributed by atoms with E-state index in [-0.39, 0.29) is 22.1 Å². The molecule has 2 atom stereocenters. The number of β-lactam (4-membered cyclic amide) rings is 1. The lowest BCUT2D eigenvalue weighted by Gasteiger charge is -2.49. The minimum Gasteiger partial charge on any atom is -0.448 e. The van der Waals surface area contributed by atoms with Gasteiger partial charge in [-0.05, 0) is 27.1 Å². The van der Waals surface area contributed by atoms with Gasteiger partial charge in [0.1, 0.15) is 17.1 Å². The zero-order valence-electron chi connectivity index (χ0n) is 24.5. The minimum atomic E-state index is -0.940. The molecule has 0 bridgehead atoms. The molecule has 3 amide bonds. The van der Waals surface area contributed by atoms with Crippen molar-refractivity contribution in [1.82, 2.24) is 35.4 Å². The highest BCUT2D eigenvalue weighted by Gasteiger charge is 2.54. The minimum absolute atomic E-state index is 0.0204. The second-order valence-electron chi connectivity index (χ2n) is 10.1. The number of aromatic nitrogens is 5. The van der Waals surface area contributed by atoms with Crippen molar-refractivity contribution in [1.29, 1.82) is 0 Å². The van der Waals surface area contributed by atoms with Crippen molar-refractivity contribution in [3.8, 4) is 0 Å². The van der Waals surface area contributed by atoms with Crippen molar-refractivity contribution >= 4 is 81.4 Å². The Hall–Kier alpha value is -4.51. The summed E-state index contributed by atoms with van der Waals surface area (Å²) in [4.78, 5) is 57.5. The van der Waals surface area contributed by atoms with Gasteiger partial charge in [-0.3, -0.25) is 19.3 Å². The average Bonchev–Trinajstić information content (AvgIpc) is 3.74. The first-order valence-electron chi connectivity index (χ1n) is 14.0. The number of nitrogens with one attached hydrogen (secondary N) is 2. The summed E-state index contributed by atoms with van der Waals surface area (Å²) in [5, 5.41) is 18.5. The normalized spacial score (nSPS) is 17.6. The molecule has 2 aliphatic rings. The smallest absolute Gasteiger partial charge is 0.356 e. The molecule has 13 nitrogen and oxygen atoms in total. The van der Waals surface area contributed by atoms with Crippen LogP contribution in [0.2, 0.25) is 0 Å². The maximum atomic E-state index is 14.2. The van der Waals surface area contributed by atoms with Gasteiger partial charge in [0.05, 0.1) is 11.3 Å². The number of ether oxygens (including phenoxy) is 1. The molecule has 1 fully saturated rings. The monoisotopic (exact) mass is 708 g/mol. The van der Waals surface area contributed by atoms with Crippen LogP contribution < -0.4 is 10.6 Å². The Morgan fingerprint density at radius 2 is 1.85 bits per heavy atom. The maximum absolute atomic E-state index is 14.2. The number of fused-ring (bicyclic) bond motifs is 1. The number of halogens is 1. The fourth-order valence-corrected chi connectivity index (χ4v) is 8.20. The zero-order chi connectivity index (χ0) is 32.9. The van der Waals surface area contributed by atoms with Crippen LogP contribution in [0.5, 0.6) is 0 Å². The molecule has 0 aliphatic carbocycles. The van der Waals surface area contributed by atoms with E-state index in [2.05, 4.69) is 31.1 Å². The van der Waals surface area contributed by atoms with Crippen LogP contribution in [0.25, 0.3) is 5.57 Å². The van der Waals surface area contributed by atoms with Gasteiger partial charge < -0.3 is 15.4 Å². The lowest BCUT2D eigenvalue weighted by Crippen LogP contribution is -2.70. The number of benzene rings is 2. The lowest BCUT2D eigenvalue weighted by molar-refractivity contribution is -0.154. The zero-order valence-corrected chi connectivity index (χ0v) is 27.7. The van der Waals surface area contributed by atoms with Gasteiger partial charge in [0.25, 0.3) is 11.8 Å². The summed E-state index contributed by atoms with van der Waals surface area (Å²) in [6.45, 7) is 0. The number of nitrogens with zero attached hydrogens (tertiary/aromatic N) is 6. The highest BCUT2D eigenvalue weighted by Crippen LogP contribution is 2.43. The Kier molecular flexibility index (Phi) is 10.0. The van der Waals surface area contributed by atoms with Crippen LogP contribution in [0.15, 0.2) is 88.0 Å². The van der Waals surface area contributed by atoms with Gasteiger partial charge in [0, 0.05) is 29.5 Å². The summed E-state index contributed by atoms with van der Waals surface area (Å²) >= 11 is 9.85. The number of thioether (sulfide) groups is 2. The molecule has 2 aliphatic heterocycles. The fraction of sp³-hybridized carbons (Fsp3) is 0.200. The van der Waals surface area contributed by atoms with E-state index in [9.17, 15) is 19.2 Å². The average molecular weight is 709 g/mol. The predicted molar refractivity (Wildman–Crippen MR) is 178 cm³/mol.